The largest absolute Gasteiger partial charge is 0.441 e. The van der Waals surface area contributed by atoms with Crippen molar-refractivity contribution in [3.63, 3.8) is 0 Å². The van der Waals surface area contributed by atoms with Crippen LogP contribution < -0.4 is 0 Å². The van der Waals surface area contributed by atoms with E-state index in [-0.39, 0.29) is 11.9 Å². The maximum atomic E-state index is 13.2. The van der Waals surface area contributed by atoms with Crippen LogP contribution in [0.3, 0.4) is 0 Å². The Balaban J connectivity index is 1.75. The number of hydrogen-bond acceptors (Lipinski definition) is 6. The number of oxazole rings is 1. The molecule has 7 heteroatoms. The first-order chi connectivity index (χ1) is 11.7. The van der Waals surface area contributed by atoms with Gasteiger partial charge < -0.3 is 13.8 Å². The van der Waals surface area contributed by atoms with E-state index < -0.39 is 0 Å². The van der Waals surface area contributed by atoms with Gasteiger partial charge in [0.1, 0.15) is 5.52 Å². The molecule has 24 heavy (non-hydrogen) atoms. The predicted molar refractivity (Wildman–Crippen MR) is 85.3 cm³/mol. The third-order valence-electron chi connectivity index (χ3n) is 4.45. The van der Waals surface area contributed by atoms with Gasteiger partial charge in [-0.15, -0.1) is 0 Å². The summed E-state index contributed by atoms with van der Waals surface area (Å²) in [5, 5.41) is 3.96. The second-order valence-electron chi connectivity index (χ2n) is 6.04. The molecule has 0 saturated carbocycles. The molecule has 1 aromatic carbocycles. The van der Waals surface area contributed by atoms with E-state index in [0.29, 0.717) is 34.9 Å². The van der Waals surface area contributed by atoms with Gasteiger partial charge in [-0.2, -0.15) is 4.98 Å². The van der Waals surface area contributed by atoms with Crippen molar-refractivity contribution >= 4 is 17.0 Å². The first-order valence-electron chi connectivity index (χ1n) is 8.17. The van der Waals surface area contributed by atoms with E-state index >= 15 is 0 Å². The summed E-state index contributed by atoms with van der Waals surface area (Å²) in [6.07, 6.45) is 5.24. The molecule has 1 aliphatic rings. The summed E-state index contributed by atoms with van der Waals surface area (Å²) < 4.78 is 10.4. The topological polar surface area (TPSA) is 85.3 Å². The molecule has 0 radical (unpaired) electrons. The summed E-state index contributed by atoms with van der Waals surface area (Å²) in [4.78, 5) is 23.6. The van der Waals surface area contributed by atoms with Crippen molar-refractivity contribution in [1.29, 1.82) is 0 Å². The number of carbonyl (C=O) groups is 1. The van der Waals surface area contributed by atoms with Crippen molar-refractivity contribution < 1.29 is 13.7 Å². The Labute approximate surface area is 138 Å². The molecule has 0 N–H and O–H groups in total. The minimum atomic E-state index is -0.165. The molecule has 0 unspecified atom stereocenters. The number of likely N-dealkylation sites (tertiary alicyclic amines) is 1. The molecule has 4 rings (SSSR count). The second-order valence-corrected chi connectivity index (χ2v) is 6.04. The molecule has 0 bridgehead atoms. The SMILES string of the molecule is Cc1nc2c(C(=O)N3CCCCC[C@@H]3c3ncon3)cccc2o1. The Hall–Kier alpha value is -2.70. The van der Waals surface area contributed by atoms with Crippen LogP contribution in [0.1, 0.15) is 53.8 Å². The van der Waals surface area contributed by atoms with E-state index in [1.165, 1.54) is 6.39 Å². The molecular weight excluding hydrogens is 308 g/mol. The summed E-state index contributed by atoms with van der Waals surface area (Å²) in [6, 6.07) is 5.28. The summed E-state index contributed by atoms with van der Waals surface area (Å²) in [5.41, 5.74) is 1.79. The monoisotopic (exact) mass is 326 g/mol. The highest BCUT2D eigenvalue weighted by Gasteiger charge is 2.31. The zero-order valence-electron chi connectivity index (χ0n) is 13.4. The Morgan fingerprint density at radius 1 is 1.29 bits per heavy atom. The lowest BCUT2D eigenvalue weighted by Crippen LogP contribution is -2.35. The van der Waals surface area contributed by atoms with Crippen LogP contribution in [0.4, 0.5) is 0 Å². The highest BCUT2D eigenvalue weighted by Crippen LogP contribution is 2.31. The van der Waals surface area contributed by atoms with Crippen LogP contribution in [0.25, 0.3) is 11.1 Å². The Bertz CT molecular complexity index is 856. The van der Waals surface area contributed by atoms with E-state index in [2.05, 4.69) is 15.1 Å². The molecule has 1 saturated heterocycles. The quantitative estimate of drug-likeness (QED) is 0.718. The number of aromatic nitrogens is 3. The smallest absolute Gasteiger partial charge is 0.256 e. The third kappa shape index (κ3) is 2.55. The van der Waals surface area contributed by atoms with Gasteiger partial charge >= 0.3 is 0 Å². The molecule has 1 amide bonds. The molecule has 124 valence electrons. The molecule has 1 atom stereocenters. The van der Waals surface area contributed by atoms with Gasteiger partial charge in [0.05, 0.1) is 11.6 Å². The van der Waals surface area contributed by atoms with Crippen LogP contribution in [0.2, 0.25) is 0 Å². The van der Waals surface area contributed by atoms with Crippen molar-refractivity contribution in [3.8, 4) is 0 Å². The van der Waals surface area contributed by atoms with E-state index in [4.69, 9.17) is 8.94 Å². The number of carbonyl (C=O) groups excluding carboxylic acids is 1. The summed E-state index contributed by atoms with van der Waals surface area (Å²) in [5.74, 6) is 1.05. The molecule has 3 aromatic rings. The van der Waals surface area contributed by atoms with Gasteiger partial charge in [-0.1, -0.05) is 24.1 Å². The number of para-hydroxylation sites is 1. The Morgan fingerprint density at radius 2 is 2.21 bits per heavy atom. The van der Waals surface area contributed by atoms with Crippen LogP contribution in [-0.2, 0) is 0 Å². The lowest BCUT2D eigenvalue weighted by atomic mass is 10.1. The minimum Gasteiger partial charge on any atom is -0.441 e. The van der Waals surface area contributed by atoms with E-state index in [0.717, 1.165) is 25.7 Å². The van der Waals surface area contributed by atoms with Crippen LogP contribution in [-0.4, -0.2) is 32.5 Å². The molecule has 7 nitrogen and oxygen atoms in total. The van der Waals surface area contributed by atoms with Crippen LogP contribution in [0.5, 0.6) is 0 Å². The molecule has 1 aliphatic heterocycles. The number of aryl methyl sites for hydroxylation is 1. The standard InChI is InChI=1S/C17H18N4O3/c1-11-19-15-12(6-5-8-14(15)24-11)17(22)21-9-4-2-3-7-13(21)16-18-10-23-20-16/h5-6,8,10,13H,2-4,7,9H2,1H3/t13-/m1/s1. The van der Waals surface area contributed by atoms with Crippen molar-refractivity contribution in [3.05, 3.63) is 41.9 Å². The fraction of sp³-hybridized carbons (Fsp3) is 0.412. The fourth-order valence-corrected chi connectivity index (χ4v) is 3.33. The average molecular weight is 326 g/mol. The van der Waals surface area contributed by atoms with E-state index in [9.17, 15) is 4.79 Å². The van der Waals surface area contributed by atoms with Crippen molar-refractivity contribution in [2.45, 2.75) is 38.6 Å². The maximum absolute atomic E-state index is 13.2. The average Bonchev–Trinajstić information content (AvgIpc) is 3.17. The zero-order valence-corrected chi connectivity index (χ0v) is 13.4. The van der Waals surface area contributed by atoms with Gasteiger partial charge in [-0.05, 0) is 25.0 Å². The Kier molecular flexibility index (Phi) is 3.76. The van der Waals surface area contributed by atoms with Gasteiger partial charge in [0.2, 0.25) is 6.39 Å². The van der Waals surface area contributed by atoms with Gasteiger partial charge in [0, 0.05) is 13.5 Å². The predicted octanol–water partition coefficient (Wildman–Crippen LogP) is 3.28. The van der Waals surface area contributed by atoms with Crippen molar-refractivity contribution in [2.24, 2.45) is 0 Å². The van der Waals surface area contributed by atoms with Crippen LogP contribution >= 0.6 is 0 Å². The number of amides is 1. The number of fused-ring (bicyclic) bond motifs is 1. The van der Waals surface area contributed by atoms with Crippen LogP contribution in [0, 0.1) is 6.92 Å². The second kappa shape index (κ2) is 6.07. The highest BCUT2D eigenvalue weighted by atomic mass is 16.5. The first kappa shape index (κ1) is 14.9. The van der Waals surface area contributed by atoms with Crippen LogP contribution in [0.15, 0.2) is 33.5 Å². The van der Waals surface area contributed by atoms with E-state index in [1.807, 2.05) is 17.0 Å². The Morgan fingerprint density at radius 3 is 3.04 bits per heavy atom. The maximum Gasteiger partial charge on any atom is 0.256 e. The highest BCUT2D eigenvalue weighted by molar-refractivity contribution is 6.04. The molecule has 0 aliphatic carbocycles. The summed E-state index contributed by atoms with van der Waals surface area (Å²) >= 11 is 0. The molecule has 0 spiro atoms. The summed E-state index contributed by atoms with van der Waals surface area (Å²) in [6.45, 7) is 2.45. The molecule has 2 aromatic heterocycles. The number of nitrogens with zero attached hydrogens (tertiary/aromatic N) is 4. The molecular formula is C17H18N4O3. The van der Waals surface area contributed by atoms with Gasteiger partial charge in [0.15, 0.2) is 17.3 Å². The van der Waals surface area contributed by atoms with Crippen molar-refractivity contribution in [1.82, 2.24) is 20.0 Å². The lowest BCUT2D eigenvalue weighted by molar-refractivity contribution is 0.0672. The van der Waals surface area contributed by atoms with Gasteiger partial charge in [-0.3, -0.25) is 4.79 Å². The molecule has 1 fully saturated rings. The van der Waals surface area contributed by atoms with Gasteiger partial charge in [-0.25, -0.2) is 4.98 Å². The lowest BCUT2D eigenvalue weighted by Gasteiger charge is -2.27. The third-order valence-corrected chi connectivity index (χ3v) is 4.45. The van der Waals surface area contributed by atoms with E-state index in [1.54, 1.807) is 13.0 Å². The first-order valence-corrected chi connectivity index (χ1v) is 8.17. The van der Waals surface area contributed by atoms with Gasteiger partial charge in [0.25, 0.3) is 5.91 Å². The summed E-state index contributed by atoms with van der Waals surface area (Å²) in [7, 11) is 0. The zero-order chi connectivity index (χ0) is 16.5. The van der Waals surface area contributed by atoms with Crippen molar-refractivity contribution in [2.75, 3.05) is 6.54 Å². The number of rotatable bonds is 2. The molecule has 3 heterocycles. The normalized spacial score (nSPS) is 18.7. The number of hydrogen-bond donors (Lipinski definition) is 0. The number of benzene rings is 1. The fourth-order valence-electron chi connectivity index (χ4n) is 3.33. The minimum absolute atomic E-state index is 0.0643.